The molecule has 0 spiro atoms. The van der Waals surface area contributed by atoms with Crippen LogP contribution in [0.25, 0.3) is 10.9 Å². The number of pyridine rings is 1. The van der Waals surface area contributed by atoms with Crippen molar-refractivity contribution in [1.29, 1.82) is 0 Å². The average Bonchev–Trinajstić information content (AvgIpc) is 2.78. The molecule has 8 heteroatoms. The lowest BCUT2D eigenvalue weighted by molar-refractivity contribution is -0.118. The molecule has 7 nitrogen and oxygen atoms in total. The first-order valence-corrected chi connectivity index (χ1v) is 10.6. The van der Waals surface area contributed by atoms with Gasteiger partial charge in [0.25, 0.3) is 0 Å². The molecule has 0 atom stereocenters. The summed E-state index contributed by atoms with van der Waals surface area (Å²) in [6.07, 6.45) is 0. The highest BCUT2D eigenvalue weighted by atomic mass is 19.1. The molecule has 1 aromatic heterocycles. The van der Waals surface area contributed by atoms with Gasteiger partial charge in [-0.05, 0) is 36.4 Å². The molecule has 4 rings (SSSR count). The number of amides is 1. The topological polar surface area (TPSA) is 85.8 Å². The molecule has 0 aliphatic carbocycles. The highest BCUT2D eigenvalue weighted by Crippen LogP contribution is 2.28. The van der Waals surface area contributed by atoms with Crippen LogP contribution in [0.4, 0.5) is 21.6 Å². The summed E-state index contributed by atoms with van der Waals surface area (Å²) in [6, 6.07) is 13.3. The standard InChI is InChI=1S/C24H25FN4O3/c1-15(2)23(30)26-16-7-8-20-17(13-16)18(24(31)32)14-22(27-20)29-11-9-28(10-12-29)21-6-4-3-5-19(21)25/h3-8,13-15H,9-12H2,1-2H3,(H,26,30)(H,31,32). The van der Waals surface area contributed by atoms with Gasteiger partial charge in [0.15, 0.2) is 0 Å². The number of carboxylic acid groups (broad SMARTS) is 1. The zero-order valence-electron chi connectivity index (χ0n) is 18.0. The van der Waals surface area contributed by atoms with Crippen molar-refractivity contribution in [2.45, 2.75) is 13.8 Å². The first kappa shape index (κ1) is 21.5. The number of carboxylic acids is 1. The highest BCUT2D eigenvalue weighted by molar-refractivity contribution is 6.05. The van der Waals surface area contributed by atoms with Gasteiger partial charge in [0.1, 0.15) is 11.6 Å². The zero-order chi connectivity index (χ0) is 22.8. The Hall–Kier alpha value is -3.68. The van der Waals surface area contributed by atoms with Crippen molar-refractivity contribution in [1.82, 2.24) is 4.98 Å². The normalized spacial score (nSPS) is 14.1. The molecule has 166 valence electrons. The molecule has 2 heterocycles. The fourth-order valence-corrected chi connectivity index (χ4v) is 3.80. The van der Waals surface area contributed by atoms with Crippen LogP contribution in [0.15, 0.2) is 48.5 Å². The van der Waals surface area contributed by atoms with Gasteiger partial charge in [-0.25, -0.2) is 14.2 Å². The third-order valence-corrected chi connectivity index (χ3v) is 5.61. The van der Waals surface area contributed by atoms with E-state index in [1.165, 1.54) is 6.07 Å². The van der Waals surface area contributed by atoms with Crippen LogP contribution in [0.2, 0.25) is 0 Å². The number of anilines is 3. The lowest BCUT2D eigenvalue weighted by atomic mass is 10.1. The number of para-hydroxylation sites is 1. The summed E-state index contributed by atoms with van der Waals surface area (Å²) in [5.74, 6) is -1.07. The number of piperazine rings is 1. The Morgan fingerprint density at radius 3 is 2.38 bits per heavy atom. The Bertz CT molecular complexity index is 1170. The third-order valence-electron chi connectivity index (χ3n) is 5.61. The lowest BCUT2D eigenvalue weighted by Crippen LogP contribution is -2.47. The summed E-state index contributed by atoms with van der Waals surface area (Å²) in [7, 11) is 0. The Labute approximate surface area is 185 Å². The number of rotatable bonds is 5. The Morgan fingerprint density at radius 2 is 1.72 bits per heavy atom. The van der Waals surface area contributed by atoms with Crippen LogP contribution in [0, 0.1) is 11.7 Å². The number of nitrogens with zero attached hydrogens (tertiary/aromatic N) is 3. The lowest BCUT2D eigenvalue weighted by Gasteiger charge is -2.37. The molecular formula is C24H25FN4O3. The van der Waals surface area contributed by atoms with Crippen LogP contribution in [-0.4, -0.2) is 48.1 Å². The Kier molecular flexibility index (Phi) is 5.94. The zero-order valence-corrected chi connectivity index (χ0v) is 18.0. The fraction of sp³-hybridized carbons (Fsp3) is 0.292. The van der Waals surface area contributed by atoms with Gasteiger partial charge in [0.05, 0.1) is 16.8 Å². The molecule has 1 amide bonds. The molecule has 1 aliphatic rings. The second-order valence-electron chi connectivity index (χ2n) is 8.13. The Balaban J connectivity index is 1.59. The minimum atomic E-state index is -1.06. The van der Waals surface area contributed by atoms with Gasteiger partial charge in [-0.3, -0.25) is 4.79 Å². The molecule has 3 aromatic rings. The van der Waals surface area contributed by atoms with Crippen molar-refractivity contribution in [2.75, 3.05) is 41.3 Å². The SMILES string of the molecule is CC(C)C(=O)Nc1ccc2nc(N3CCN(c4ccccc4F)CC3)cc(C(=O)O)c2c1. The summed E-state index contributed by atoms with van der Waals surface area (Å²) in [6.45, 7) is 5.97. The number of carbonyl (C=O) groups is 2. The van der Waals surface area contributed by atoms with E-state index in [0.717, 1.165) is 0 Å². The molecule has 1 saturated heterocycles. The second kappa shape index (κ2) is 8.82. The molecule has 0 bridgehead atoms. The van der Waals surface area contributed by atoms with E-state index in [0.29, 0.717) is 54.3 Å². The monoisotopic (exact) mass is 436 g/mol. The van der Waals surface area contributed by atoms with E-state index >= 15 is 0 Å². The highest BCUT2D eigenvalue weighted by Gasteiger charge is 2.22. The van der Waals surface area contributed by atoms with E-state index in [1.807, 2.05) is 15.9 Å². The predicted octanol–water partition coefficient (Wildman–Crippen LogP) is 3.99. The number of fused-ring (bicyclic) bond motifs is 1. The van der Waals surface area contributed by atoms with Crippen molar-refractivity contribution in [3.8, 4) is 0 Å². The van der Waals surface area contributed by atoms with Gasteiger partial charge in [-0.1, -0.05) is 26.0 Å². The van der Waals surface area contributed by atoms with Crippen molar-refractivity contribution in [3.63, 3.8) is 0 Å². The number of hydrogen-bond acceptors (Lipinski definition) is 5. The minimum absolute atomic E-state index is 0.127. The van der Waals surface area contributed by atoms with Gasteiger partial charge < -0.3 is 20.2 Å². The summed E-state index contributed by atoms with van der Waals surface area (Å²) in [5, 5.41) is 13.1. The quantitative estimate of drug-likeness (QED) is 0.629. The van der Waals surface area contributed by atoms with Crippen molar-refractivity contribution in [3.05, 3.63) is 59.9 Å². The first-order valence-electron chi connectivity index (χ1n) is 10.6. The van der Waals surface area contributed by atoms with Gasteiger partial charge >= 0.3 is 5.97 Å². The summed E-state index contributed by atoms with van der Waals surface area (Å²) in [5.41, 5.74) is 1.77. The molecule has 1 aliphatic heterocycles. The molecule has 0 unspecified atom stereocenters. The van der Waals surface area contributed by atoms with E-state index in [4.69, 9.17) is 0 Å². The maximum absolute atomic E-state index is 14.1. The molecule has 0 saturated carbocycles. The molecule has 2 N–H and O–H groups in total. The maximum Gasteiger partial charge on any atom is 0.336 e. The minimum Gasteiger partial charge on any atom is -0.478 e. The van der Waals surface area contributed by atoms with Crippen molar-refractivity contribution in [2.24, 2.45) is 5.92 Å². The molecule has 32 heavy (non-hydrogen) atoms. The van der Waals surface area contributed by atoms with Crippen LogP contribution in [-0.2, 0) is 4.79 Å². The fourth-order valence-electron chi connectivity index (χ4n) is 3.80. The largest absolute Gasteiger partial charge is 0.478 e. The number of nitrogens with one attached hydrogen (secondary N) is 1. The summed E-state index contributed by atoms with van der Waals surface area (Å²) < 4.78 is 14.1. The van der Waals surface area contributed by atoms with E-state index in [2.05, 4.69) is 10.3 Å². The van der Waals surface area contributed by atoms with Crippen LogP contribution in [0.5, 0.6) is 0 Å². The van der Waals surface area contributed by atoms with E-state index < -0.39 is 5.97 Å². The van der Waals surface area contributed by atoms with E-state index in [9.17, 15) is 19.1 Å². The van der Waals surface area contributed by atoms with Crippen LogP contribution in [0.1, 0.15) is 24.2 Å². The van der Waals surface area contributed by atoms with Crippen molar-refractivity contribution >= 4 is 40.0 Å². The van der Waals surface area contributed by atoms with Gasteiger partial charge in [-0.15, -0.1) is 0 Å². The van der Waals surface area contributed by atoms with Gasteiger partial charge in [0, 0.05) is 43.2 Å². The number of carbonyl (C=O) groups excluding carboxylic acids is 1. The second-order valence-corrected chi connectivity index (χ2v) is 8.13. The summed E-state index contributed by atoms with van der Waals surface area (Å²) in [4.78, 5) is 32.6. The Morgan fingerprint density at radius 1 is 1.03 bits per heavy atom. The van der Waals surface area contributed by atoms with E-state index in [-0.39, 0.29) is 23.2 Å². The van der Waals surface area contributed by atoms with Crippen LogP contribution in [0.3, 0.4) is 0 Å². The van der Waals surface area contributed by atoms with E-state index in [1.54, 1.807) is 50.2 Å². The number of benzene rings is 2. The number of aromatic carboxylic acids is 1. The maximum atomic E-state index is 14.1. The number of hydrogen-bond donors (Lipinski definition) is 2. The van der Waals surface area contributed by atoms with Crippen LogP contribution >= 0.6 is 0 Å². The summed E-state index contributed by atoms with van der Waals surface area (Å²) >= 11 is 0. The average molecular weight is 436 g/mol. The number of halogens is 1. The molecular weight excluding hydrogens is 411 g/mol. The van der Waals surface area contributed by atoms with Crippen LogP contribution < -0.4 is 15.1 Å². The van der Waals surface area contributed by atoms with Crippen molar-refractivity contribution < 1.29 is 19.1 Å². The molecule has 2 aromatic carbocycles. The number of aromatic nitrogens is 1. The van der Waals surface area contributed by atoms with Gasteiger partial charge in [-0.2, -0.15) is 0 Å². The smallest absolute Gasteiger partial charge is 0.336 e. The molecule has 0 radical (unpaired) electrons. The third kappa shape index (κ3) is 4.34. The predicted molar refractivity (Wildman–Crippen MR) is 123 cm³/mol. The molecule has 1 fully saturated rings. The first-order chi connectivity index (χ1) is 15.3. The van der Waals surface area contributed by atoms with Gasteiger partial charge in [0.2, 0.25) is 5.91 Å².